The van der Waals surface area contributed by atoms with Gasteiger partial charge in [0.05, 0.1) is 5.92 Å². The van der Waals surface area contributed by atoms with Crippen LogP contribution in [0.5, 0.6) is 0 Å². The van der Waals surface area contributed by atoms with Gasteiger partial charge in [0.15, 0.2) is 0 Å². The van der Waals surface area contributed by atoms with Gasteiger partial charge in [0.1, 0.15) is 5.60 Å². The van der Waals surface area contributed by atoms with Gasteiger partial charge in [-0.3, -0.25) is 4.79 Å². The zero-order valence-corrected chi connectivity index (χ0v) is 15.9. The molecule has 0 saturated heterocycles. The minimum absolute atomic E-state index is 0.107. The van der Waals surface area contributed by atoms with Crippen molar-refractivity contribution in [2.45, 2.75) is 90.6 Å². The molecule has 4 fully saturated rings. The number of rotatable bonds is 5. The van der Waals surface area contributed by atoms with Crippen molar-refractivity contribution in [2.75, 3.05) is 0 Å². The number of hydrogen-bond donors (Lipinski definition) is 0. The van der Waals surface area contributed by atoms with Gasteiger partial charge in [0.25, 0.3) is 0 Å². The van der Waals surface area contributed by atoms with E-state index in [1.807, 2.05) is 0 Å². The summed E-state index contributed by atoms with van der Waals surface area (Å²) in [5, 5.41) is 0. The molecule has 4 saturated carbocycles. The number of carbonyl (C=O) groups excluding carboxylic acids is 1. The van der Waals surface area contributed by atoms with Gasteiger partial charge in [-0.25, -0.2) is 0 Å². The van der Waals surface area contributed by atoms with Crippen LogP contribution in [-0.2, 0) is 9.53 Å². The largest absolute Gasteiger partial charge is 0.459 e. The highest BCUT2D eigenvalue weighted by atomic mass is 16.6. The maximum atomic E-state index is 13.1. The van der Waals surface area contributed by atoms with Gasteiger partial charge in [-0.15, -0.1) is 0 Å². The van der Waals surface area contributed by atoms with E-state index < -0.39 is 0 Å². The molecule has 0 aromatic carbocycles. The third kappa shape index (κ3) is 2.46. The first-order valence-electron chi connectivity index (χ1n) is 10.8. The summed E-state index contributed by atoms with van der Waals surface area (Å²) in [7, 11) is 0. The molecule has 4 rings (SSSR count). The van der Waals surface area contributed by atoms with Crippen molar-refractivity contribution in [3.05, 3.63) is 0 Å². The monoisotopic (exact) mass is 332 g/mol. The van der Waals surface area contributed by atoms with Gasteiger partial charge < -0.3 is 4.74 Å². The van der Waals surface area contributed by atoms with E-state index >= 15 is 0 Å². The molecule has 0 aromatic heterocycles. The molecule has 0 aromatic rings. The van der Waals surface area contributed by atoms with Crippen molar-refractivity contribution in [3.63, 3.8) is 0 Å². The predicted octanol–water partition coefficient (Wildman–Crippen LogP) is 5.60. The fourth-order valence-corrected chi connectivity index (χ4v) is 7.50. The molecule has 4 aliphatic rings. The topological polar surface area (TPSA) is 26.3 Å². The Morgan fingerprint density at radius 3 is 2.25 bits per heavy atom. The minimum atomic E-state index is -0.107. The lowest BCUT2D eigenvalue weighted by Crippen LogP contribution is -2.39. The molecule has 4 aliphatic carbocycles. The highest BCUT2D eigenvalue weighted by Crippen LogP contribution is 2.65. The highest BCUT2D eigenvalue weighted by molar-refractivity contribution is 5.74. The maximum absolute atomic E-state index is 13.1. The van der Waals surface area contributed by atoms with Crippen LogP contribution in [0.4, 0.5) is 0 Å². The zero-order chi connectivity index (χ0) is 16.9. The Hall–Kier alpha value is -0.530. The number of hydrogen-bond acceptors (Lipinski definition) is 2. The van der Waals surface area contributed by atoms with Crippen LogP contribution in [-0.4, -0.2) is 11.6 Å². The number of esters is 1. The molecule has 0 amide bonds. The number of fused-ring (bicyclic) bond motifs is 5. The smallest absolute Gasteiger partial charge is 0.309 e. The van der Waals surface area contributed by atoms with Crippen LogP contribution >= 0.6 is 0 Å². The van der Waals surface area contributed by atoms with E-state index in [0.29, 0.717) is 5.92 Å². The molecule has 2 bridgehead atoms. The zero-order valence-electron chi connectivity index (χ0n) is 15.9. The van der Waals surface area contributed by atoms with Crippen LogP contribution in [0.1, 0.15) is 85.0 Å². The van der Waals surface area contributed by atoms with Gasteiger partial charge >= 0.3 is 5.97 Å². The van der Waals surface area contributed by atoms with E-state index in [1.165, 1.54) is 38.5 Å². The first kappa shape index (κ1) is 16.9. The Morgan fingerprint density at radius 2 is 1.62 bits per heavy atom. The summed E-state index contributed by atoms with van der Waals surface area (Å²) in [6.45, 7) is 6.94. The first-order chi connectivity index (χ1) is 11.6. The molecule has 0 aliphatic heterocycles. The molecule has 0 heterocycles. The van der Waals surface area contributed by atoms with Crippen LogP contribution in [0, 0.1) is 41.4 Å². The molecule has 24 heavy (non-hydrogen) atoms. The maximum Gasteiger partial charge on any atom is 0.309 e. The molecule has 7 atom stereocenters. The standard InChI is InChI=1S/C22H36O2/c1-4-14-11-15(5-2)20-17-12-16(19(14)20)13-18(17)21(23)24-22(6-3)9-7-8-10-22/h14-20H,4-13H2,1-3H3. The molecule has 2 heteroatoms. The Labute approximate surface area is 148 Å². The summed E-state index contributed by atoms with van der Waals surface area (Å²) in [4.78, 5) is 13.1. The Morgan fingerprint density at radius 1 is 0.958 bits per heavy atom. The molecule has 0 N–H and O–H groups in total. The van der Waals surface area contributed by atoms with Crippen LogP contribution in [0.2, 0.25) is 0 Å². The normalized spacial score (nSPS) is 45.5. The van der Waals surface area contributed by atoms with Crippen LogP contribution < -0.4 is 0 Å². The van der Waals surface area contributed by atoms with Crippen LogP contribution in [0.15, 0.2) is 0 Å². The molecule has 136 valence electrons. The lowest BCUT2D eigenvalue weighted by molar-refractivity contribution is -0.168. The lowest BCUT2D eigenvalue weighted by atomic mass is 9.70. The van der Waals surface area contributed by atoms with Crippen molar-refractivity contribution >= 4 is 5.97 Å². The van der Waals surface area contributed by atoms with E-state index in [4.69, 9.17) is 4.74 Å². The Bertz CT molecular complexity index is 478. The fraction of sp³-hybridized carbons (Fsp3) is 0.955. The SMILES string of the molecule is CCC1CC(CC)C2C3CC(CC3C(=O)OC3(CC)CCCC3)C12. The number of carbonyl (C=O) groups is 1. The van der Waals surface area contributed by atoms with Gasteiger partial charge in [-0.2, -0.15) is 0 Å². The molecular formula is C22H36O2. The second-order valence-corrected chi connectivity index (χ2v) is 9.39. The Balaban J connectivity index is 1.48. The summed E-state index contributed by atoms with van der Waals surface area (Å²) >= 11 is 0. The van der Waals surface area contributed by atoms with E-state index in [9.17, 15) is 4.79 Å². The first-order valence-corrected chi connectivity index (χ1v) is 10.8. The second kappa shape index (κ2) is 6.32. The van der Waals surface area contributed by atoms with Crippen LogP contribution in [0.3, 0.4) is 0 Å². The molecule has 0 radical (unpaired) electrons. The summed E-state index contributed by atoms with van der Waals surface area (Å²) in [6, 6.07) is 0. The summed E-state index contributed by atoms with van der Waals surface area (Å²) < 4.78 is 6.22. The predicted molar refractivity (Wildman–Crippen MR) is 96.4 cm³/mol. The molecule has 0 spiro atoms. The van der Waals surface area contributed by atoms with Gasteiger partial charge in [0.2, 0.25) is 0 Å². The van der Waals surface area contributed by atoms with Crippen molar-refractivity contribution < 1.29 is 9.53 Å². The average Bonchev–Trinajstić information content (AvgIpc) is 3.34. The van der Waals surface area contributed by atoms with Crippen LogP contribution in [0.25, 0.3) is 0 Å². The van der Waals surface area contributed by atoms with Crippen molar-refractivity contribution in [1.29, 1.82) is 0 Å². The summed E-state index contributed by atoms with van der Waals surface area (Å²) in [5.74, 6) is 5.44. The average molecular weight is 333 g/mol. The lowest BCUT2D eigenvalue weighted by Gasteiger charge is -2.37. The molecule has 2 nitrogen and oxygen atoms in total. The minimum Gasteiger partial charge on any atom is -0.459 e. The quantitative estimate of drug-likeness (QED) is 0.613. The fourth-order valence-electron chi connectivity index (χ4n) is 7.50. The Kier molecular flexibility index (Phi) is 4.46. The van der Waals surface area contributed by atoms with Gasteiger partial charge in [-0.1, -0.05) is 33.6 Å². The summed E-state index contributed by atoms with van der Waals surface area (Å²) in [6.07, 6.45) is 12.2. The third-order valence-electron chi connectivity index (χ3n) is 8.65. The molecule has 7 unspecified atom stereocenters. The van der Waals surface area contributed by atoms with Gasteiger partial charge in [-0.05, 0) is 86.9 Å². The van der Waals surface area contributed by atoms with Crippen molar-refractivity contribution in [2.24, 2.45) is 41.4 Å². The van der Waals surface area contributed by atoms with E-state index in [-0.39, 0.29) is 17.5 Å². The van der Waals surface area contributed by atoms with Gasteiger partial charge in [0, 0.05) is 0 Å². The number of ether oxygens (including phenoxy) is 1. The van der Waals surface area contributed by atoms with E-state index in [2.05, 4.69) is 20.8 Å². The highest BCUT2D eigenvalue weighted by Gasteiger charge is 2.61. The second-order valence-electron chi connectivity index (χ2n) is 9.39. The summed E-state index contributed by atoms with van der Waals surface area (Å²) in [5.41, 5.74) is -0.107. The molecular weight excluding hydrogens is 296 g/mol. The van der Waals surface area contributed by atoms with E-state index in [0.717, 1.165) is 55.3 Å². The third-order valence-corrected chi connectivity index (χ3v) is 8.65. The van der Waals surface area contributed by atoms with E-state index in [1.54, 1.807) is 0 Å². The van der Waals surface area contributed by atoms with Crippen molar-refractivity contribution in [3.8, 4) is 0 Å². The van der Waals surface area contributed by atoms with Crippen molar-refractivity contribution in [1.82, 2.24) is 0 Å².